The standard InChI is InChI=1S/C10H22O.C9H20O/c1-3-4-5-6-7-8-9-10(2)11;1-3-4-5-6-7-8-9(2)10/h10-11H,3-9H2,1-2H3;9-10H,3-8H2,1-2H3. The van der Waals surface area contributed by atoms with Crippen LogP contribution >= 0.6 is 0 Å². The summed E-state index contributed by atoms with van der Waals surface area (Å²) in [6, 6.07) is 0. The molecule has 21 heavy (non-hydrogen) atoms. The van der Waals surface area contributed by atoms with E-state index in [9.17, 15) is 0 Å². The molecule has 0 aromatic heterocycles. The van der Waals surface area contributed by atoms with Gasteiger partial charge in [-0.2, -0.15) is 0 Å². The molecule has 2 unspecified atom stereocenters. The van der Waals surface area contributed by atoms with Gasteiger partial charge in [0.2, 0.25) is 0 Å². The minimum Gasteiger partial charge on any atom is -0.393 e. The normalized spacial score (nSPS) is 13.4. The van der Waals surface area contributed by atoms with Crippen LogP contribution < -0.4 is 0 Å². The Bertz CT molecular complexity index is 167. The molecule has 0 aliphatic rings. The molecule has 130 valence electrons. The highest BCUT2D eigenvalue weighted by Gasteiger charge is 1.95. The van der Waals surface area contributed by atoms with E-state index in [-0.39, 0.29) is 12.2 Å². The lowest BCUT2D eigenvalue weighted by molar-refractivity contribution is 0.180. The third kappa shape index (κ3) is 28.7. The molecule has 0 aromatic rings. The van der Waals surface area contributed by atoms with Gasteiger partial charge < -0.3 is 10.2 Å². The van der Waals surface area contributed by atoms with Gasteiger partial charge in [0, 0.05) is 0 Å². The Kier molecular flexibility index (Phi) is 22.0. The Labute approximate surface area is 134 Å². The third-order valence-corrected chi connectivity index (χ3v) is 3.70. The Hall–Kier alpha value is -0.0800. The predicted molar refractivity (Wildman–Crippen MR) is 94.7 cm³/mol. The lowest BCUT2D eigenvalue weighted by Gasteiger charge is -2.02. The van der Waals surface area contributed by atoms with Crippen molar-refractivity contribution in [1.29, 1.82) is 0 Å². The Morgan fingerprint density at radius 1 is 0.524 bits per heavy atom. The second-order valence-electron chi connectivity index (χ2n) is 6.46. The van der Waals surface area contributed by atoms with Gasteiger partial charge in [-0.15, -0.1) is 0 Å². The maximum atomic E-state index is 8.96. The fraction of sp³-hybridized carbons (Fsp3) is 1.00. The van der Waals surface area contributed by atoms with E-state index in [1.165, 1.54) is 70.6 Å². The monoisotopic (exact) mass is 302 g/mol. The van der Waals surface area contributed by atoms with Crippen LogP contribution in [-0.2, 0) is 0 Å². The first kappa shape index (κ1) is 23.2. The van der Waals surface area contributed by atoms with E-state index < -0.39 is 0 Å². The van der Waals surface area contributed by atoms with Gasteiger partial charge in [-0.25, -0.2) is 0 Å². The summed E-state index contributed by atoms with van der Waals surface area (Å²) in [6.45, 7) is 8.18. The SMILES string of the molecule is CCCCCCCC(C)O.CCCCCCCCC(C)O. The van der Waals surface area contributed by atoms with Gasteiger partial charge in [0.05, 0.1) is 12.2 Å². The van der Waals surface area contributed by atoms with E-state index in [0.717, 1.165) is 12.8 Å². The quantitative estimate of drug-likeness (QED) is 0.419. The molecular formula is C19H42O2. The first-order chi connectivity index (χ1) is 10.0. The molecule has 2 atom stereocenters. The van der Waals surface area contributed by atoms with Crippen molar-refractivity contribution in [2.45, 2.75) is 123 Å². The maximum Gasteiger partial charge on any atom is 0.0512 e. The fourth-order valence-corrected chi connectivity index (χ4v) is 2.26. The number of unbranched alkanes of at least 4 members (excludes halogenated alkanes) is 9. The van der Waals surface area contributed by atoms with Crippen molar-refractivity contribution < 1.29 is 10.2 Å². The molecule has 2 heteroatoms. The van der Waals surface area contributed by atoms with Gasteiger partial charge in [0.25, 0.3) is 0 Å². The summed E-state index contributed by atoms with van der Waals surface area (Å²) >= 11 is 0. The highest BCUT2D eigenvalue weighted by Crippen LogP contribution is 2.08. The number of aliphatic hydroxyl groups is 2. The number of rotatable bonds is 13. The summed E-state index contributed by atoms with van der Waals surface area (Å²) < 4.78 is 0. The molecule has 0 aliphatic heterocycles. The maximum absolute atomic E-state index is 8.96. The smallest absolute Gasteiger partial charge is 0.0512 e. The number of hydrogen-bond donors (Lipinski definition) is 2. The molecule has 2 nitrogen and oxygen atoms in total. The largest absolute Gasteiger partial charge is 0.393 e. The zero-order valence-electron chi connectivity index (χ0n) is 15.2. The molecule has 0 aromatic carbocycles. The fourth-order valence-electron chi connectivity index (χ4n) is 2.26. The molecule has 0 fully saturated rings. The molecule has 0 heterocycles. The zero-order valence-corrected chi connectivity index (χ0v) is 15.2. The van der Waals surface area contributed by atoms with E-state index >= 15 is 0 Å². The second kappa shape index (κ2) is 19.9. The third-order valence-electron chi connectivity index (χ3n) is 3.70. The minimum atomic E-state index is -0.0961. The van der Waals surface area contributed by atoms with E-state index in [4.69, 9.17) is 10.2 Å². The summed E-state index contributed by atoms with van der Waals surface area (Å²) in [5, 5.41) is 17.9. The van der Waals surface area contributed by atoms with E-state index in [0.29, 0.717) is 0 Å². The van der Waals surface area contributed by atoms with Crippen LogP contribution in [0.15, 0.2) is 0 Å². The molecular weight excluding hydrogens is 260 g/mol. The first-order valence-electron chi connectivity index (χ1n) is 9.40. The summed E-state index contributed by atoms with van der Waals surface area (Å²) in [4.78, 5) is 0. The molecule has 2 N–H and O–H groups in total. The van der Waals surface area contributed by atoms with Crippen LogP contribution in [0.4, 0.5) is 0 Å². The van der Waals surface area contributed by atoms with Crippen molar-refractivity contribution in [2.24, 2.45) is 0 Å². The number of hydrogen-bond acceptors (Lipinski definition) is 2. The van der Waals surface area contributed by atoms with E-state index in [1.807, 2.05) is 13.8 Å². The summed E-state index contributed by atoms with van der Waals surface area (Å²) in [7, 11) is 0. The van der Waals surface area contributed by atoms with Gasteiger partial charge in [-0.1, -0.05) is 84.5 Å². The second-order valence-corrected chi connectivity index (χ2v) is 6.46. The van der Waals surface area contributed by atoms with Gasteiger partial charge in [-0.3, -0.25) is 0 Å². The molecule has 0 spiro atoms. The van der Waals surface area contributed by atoms with Crippen LogP contribution in [-0.4, -0.2) is 22.4 Å². The van der Waals surface area contributed by atoms with E-state index in [1.54, 1.807) is 0 Å². The Balaban J connectivity index is 0. The van der Waals surface area contributed by atoms with Gasteiger partial charge >= 0.3 is 0 Å². The van der Waals surface area contributed by atoms with Crippen molar-refractivity contribution in [1.82, 2.24) is 0 Å². The summed E-state index contributed by atoms with van der Waals surface area (Å²) in [5.74, 6) is 0. The lowest BCUT2D eigenvalue weighted by Crippen LogP contribution is -1.98. The molecule has 0 aliphatic carbocycles. The highest BCUT2D eigenvalue weighted by atomic mass is 16.3. The molecule has 0 saturated carbocycles. The van der Waals surface area contributed by atoms with E-state index in [2.05, 4.69) is 13.8 Å². The van der Waals surface area contributed by atoms with Crippen LogP contribution in [0.3, 0.4) is 0 Å². The van der Waals surface area contributed by atoms with Crippen molar-refractivity contribution in [3.63, 3.8) is 0 Å². The van der Waals surface area contributed by atoms with Crippen LogP contribution in [0.5, 0.6) is 0 Å². The predicted octanol–water partition coefficient (Wildman–Crippen LogP) is 5.85. The minimum absolute atomic E-state index is 0.0957. The Morgan fingerprint density at radius 2 is 0.810 bits per heavy atom. The van der Waals surface area contributed by atoms with Crippen LogP contribution in [0.1, 0.15) is 111 Å². The average molecular weight is 303 g/mol. The average Bonchev–Trinajstić information content (AvgIpc) is 2.42. The van der Waals surface area contributed by atoms with Crippen molar-refractivity contribution in [3.8, 4) is 0 Å². The molecule has 0 saturated heterocycles. The number of aliphatic hydroxyl groups excluding tert-OH is 2. The Morgan fingerprint density at radius 3 is 1.10 bits per heavy atom. The lowest BCUT2D eigenvalue weighted by atomic mass is 10.1. The topological polar surface area (TPSA) is 40.5 Å². The first-order valence-corrected chi connectivity index (χ1v) is 9.40. The molecule has 0 bridgehead atoms. The van der Waals surface area contributed by atoms with Crippen molar-refractivity contribution in [2.75, 3.05) is 0 Å². The van der Waals surface area contributed by atoms with Crippen molar-refractivity contribution in [3.05, 3.63) is 0 Å². The van der Waals surface area contributed by atoms with Crippen LogP contribution in [0, 0.1) is 0 Å². The van der Waals surface area contributed by atoms with Gasteiger partial charge in [-0.05, 0) is 26.7 Å². The van der Waals surface area contributed by atoms with Crippen LogP contribution in [0.2, 0.25) is 0 Å². The van der Waals surface area contributed by atoms with Gasteiger partial charge in [0.1, 0.15) is 0 Å². The molecule has 0 amide bonds. The summed E-state index contributed by atoms with van der Waals surface area (Å²) in [6.07, 6.45) is 16.1. The van der Waals surface area contributed by atoms with Crippen LogP contribution in [0.25, 0.3) is 0 Å². The zero-order chi connectivity index (χ0) is 16.3. The highest BCUT2D eigenvalue weighted by molar-refractivity contribution is 4.49. The summed E-state index contributed by atoms with van der Waals surface area (Å²) in [5.41, 5.74) is 0. The molecule has 0 rings (SSSR count). The van der Waals surface area contributed by atoms with Crippen molar-refractivity contribution >= 4 is 0 Å². The molecule has 0 radical (unpaired) electrons. The van der Waals surface area contributed by atoms with Gasteiger partial charge in [0.15, 0.2) is 0 Å².